The molecule has 39 heavy (non-hydrogen) atoms. The molecule has 0 saturated heterocycles. The van der Waals surface area contributed by atoms with E-state index in [1.54, 1.807) is 6.07 Å². The molecule has 196 valence electrons. The van der Waals surface area contributed by atoms with Crippen LogP contribution in [0.25, 0.3) is 34.5 Å². The smallest absolute Gasteiger partial charge is 0.399 e. The van der Waals surface area contributed by atoms with Crippen LogP contribution in [0.1, 0.15) is 28.1 Å². The number of hydrogen-bond acceptors (Lipinski definition) is 2. The van der Waals surface area contributed by atoms with Gasteiger partial charge >= 0.3 is 6.18 Å². The van der Waals surface area contributed by atoms with Crippen molar-refractivity contribution in [1.82, 2.24) is 9.55 Å². The zero-order valence-corrected chi connectivity index (χ0v) is 21.8. The molecule has 0 radical (unpaired) electrons. The number of rotatable bonds is 6. The van der Waals surface area contributed by atoms with Crippen LogP contribution in [0, 0.1) is 6.92 Å². The average molecular weight is 544 g/mol. The number of halogens is 4. The zero-order chi connectivity index (χ0) is 27.6. The predicted molar refractivity (Wildman–Crippen MR) is 153 cm³/mol. The van der Waals surface area contributed by atoms with Gasteiger partial charge in [-0.15, -0.1) is 0 Å². The second-order valence-corrected chi connectivity index (χ2v) is 9.78. The van der Waals surface area contributed by atoms with E-state index in [2.05, 4.69) is 0 Å². The van der Waals surface area contributed by atoms with E-state index < -0.39 is 11.7 Å². The minimum atomic E-state index is -4.38. The van der Waals surface area contributed by atoms with Crippen molar-refractivity contribution in [3.8, 4) is 22.4 Å². The number of nitrogen functional groups attached to an aromatic ring is 1. The first kappa shape index (κ1) is 26.3. The second kappa shape index (κ2) is 10.8. The van der Waals surface area contributed by atoms with Crippen LogP contribution in [0.15, 0.2) is 97.2 Å². The maximum Gasteiger partial charge on any atom is 0.416 e. The summed E-state index contributed by atoms with van der Waals surface area (Å²) in [6.45, 7) is 2.58. The molecule has 1 heterocycles. The normalized spacial score (nSPS) is 11.8. The van der Waals surface area contributed by atoms with E-state index in [9.17, 15) is 13.2 Å². The van der Waals surface area contributed by atoms with Crippen LogP contribution in [0.2, 0.25) is 5.02 Å². The molecular formula is C32H25ClF3N3. The number of nitrogens with zero attached hydrogens (tertiary/aromatic N) is 2. The van der Waals surface area contributed by atoms with Gasteiger partial charge in [-0.3, -0.25) is 0 Å². The van der Waals surface area contributed by atoms with Crippen LogP contribution in [0.5, 0.6) is 0 Å². The van der Waals surface area contributed by atoms with Gasteiger partial charge in [-0.2, -0.15) is 13.2 Å². The highest BCUT2D eigenvalue weighted by Crippen LogP contribution is 2.32. The molecule has 0 fully saturated rings. The molecule has 0 aliphatic heterocycles. The van der Waals surface area contributed by atoms with Gasteiger partial charge in [-0.05, 0) is 71.1 Å². The molecule has 0 unspecified atom stereocenters. The zero-order valence-electron chi connectivity index (χ0n) is 21.1. The third-order valence-electron chi connectivity index (χ3n) is 6.40. The van der Waals surface area contributed by atoms with E-state index in [0.29, 0.717) is 28.4 Å². The second-order valence-electron chi connectivity index (χ2n) is 9.37. The Hall–Kier alpha value is -4.29. The summed E-state index contributed by atoms with van der Waals surface area (Å²) < 4.78 is 41.4. The predicted octanol–water partition coefficient (Wildman–Crippen LogP) is 9.00. The van der Waals surface area contributed by atoms with Crippen molar-refractivity contribution in [3.05, 3.63) is 130 Å². The summed E-state index contributed by atoms with van der Waals surface area (Å²) >= 11 is 6.53. The number of anilines is 1. The van der Waals surface area contributed by atoms with Crippen molar-refractivity contribution >= 4 is 29.4 Å². The fourth-order valence-corrected chi connectivity index (χ4v) is 4.63. The Morgan fingerprint density at radius 1 is 0.872 bits per heavy atom. The van der Waals surface area contributed by atoms with Crippen molar-refractivity contribution in [2.45, 2.75) is 19.6 Å². The Kier molecular flexibility index (Phi) is 7.31. The molecule has 4 aromatic carbocycles. The Morgan fingerprint density at radius 2 is 1.62 bits per heavy atom. The van der Waals surface area contributed by atoms with Gasteiger partial charge in [0.15, 0.2) is 0 Å². The molecule has 0 aliphatic carbocycles. The van der Waals surface area contributed by atoms with Crippen molar-refractivity contribution in [1.29, 1.82) is 0 Å². The lowest BCUT2D eigenvalue weighted by Gasteiger charge is -2.09. The SMILES string of the molecule is Cc1ccc(-c2cn(Cc3ccc(N)cc3)c(/C=C/c3ccc(-c4cccc(C(F)(F)F)c4)cc3)n2)c(Cl)c1. The Labute approximate surface area is 230 Å². The lowest BCUT2D eigenvalue weighted by atomic mass is 10.0. The average Bonchev–Trinajstić information content (AvgIpc) is 3.30. The van der Waals surface area contributed by atoms with E-state index in [1.807, 2.05) is 96.6 Å². The first-order valence-electron chi connectivity index (χ1n) is 12.3. The van der Waals surface area contributed by atoms with E-state index >= 15 is 0 Å². The first-order chi connectivity index (χ1) is 18.7. The fourth-order valence-electron chi connectivity index (χ4n) is 4.30. The largest absolute Gasteiger partial charge is 0.416 e. The number of nitrogens with two attached hydrogens (primary N) is 1. The monoisotopic (exact) mass is 543 g/mol. The molecule has 0 bridgehead atoms. The van der Waals surface area contributed by atoms with E-state index in [-0.39, 0.29) is 0 Å². The van der Waals surface area contributed by atoms with Crippen LogP contribution >= 0.6 is 11.6 Å². The Morgan fingerprint density at radius 3 is 2.31 bits per heavy atom. The topological polar surface area (TPSA) is 43.8 Å². The highest BCUT2D eigenvalue weighted by atomic mass is 35.5. The molecule has 0 amide bonds. The summed E-state index contributed by atoms with van der Waals surface area (Å²) in [7, 11) is 0. The summed E-state index contributed by atoms with van der Waals surface area (Å²) in [4.78, 5) is 4.86. The third kappa shape index (κ3) is 6.24. The lowest BCUT2D eigenvalue weighted by molar-refractivity contribution is -0.137. The number of imidazole rings is 1. The minimum Gasteiger partial charge on any atom is -0.399 e. The molecular weight excluding hydrogens is 519 g/mol. The van der Waals surface area contributed by atoms with Gasteiger partial charge in [0, 0.05) is 24.0 Å². The van der Waals surface area contributed by atoms with Crippen molar-refractivity contribution in [2.75, 3.05) is 5.73 Å². The first-order valence-corrected chi connectivity index (χ1v) is 12.7. The van der Waals surface area contributed by atoms with Gasteiger partial charge in [0.25, 0.3) is 0 Å². The van der Waals surface area contributed by atoms with Crippen molar-refractivity contribution in [3.63, 3.8) is 0 Å². The summed E-state index contributed by atoms with van der Waals surface area (Å²) in [5.41, 5.74) is 11.7. The molecule has 2 N–H and O–H groups in total. The number of aromatic nitrogens is 2. The molecule has 0 saturated carbocycles. The van der Waals surface area contributed by atoms with Crippen LogP contribution in [-0.4, -0.2) is 9.55 Å². The van der Waals surface area contributed by atoms with Gasteiger partial charge in [-0.25, -0.2) is 4.98 Å². The summed E-state index contributed by atoms with van der Waals surface area (Å²) in [6.07, 6.45) is 1.44. The van der Waals surface area contributed by atoms with Crippen LogP contribution < -0.4 is 5.73 Å². The molecule has 3 nitrogen and oxygen atoms in total. The van der Waals surface area contributed by atoms with Crippen LogP contribution in [0.3, 0.4) is 0 Å². The van der Waals surface area contributed by atoms with E-state index in [1.165, 1.54) is 6.07 Å². The molecule has 7 heteroatoms. The number of alkyl halides is 3. The van der Waals surface area contributed by atoms with Crippen molar-refractivity contribution < 1.29 is 13.2 Å². The highest BCUT2D eigenvalue weighted by Gasteiger charge is 2.30. The summed E-state index contributed by atoms with van der Waals surface area (Å²) in [6, 6.07) is 26.3. The molecule has 0 atom stereocenters. The standard InChI is InChI=1S/C32H25ClF3N3/c1-21-5-15-28(29(33)17-21)30-20-39(19-23-8-13-27(37)14-9-23)31(38-30)16-10-22-6-11-24(12-7-22)25-3-2-4-26(18-25)32(34,35)36/h2-18,20H,19,37H2,1H3/b16-10+. The van der Waals surface area contributed by atoms with Crippen LogP contribution in [-0.2, 0) is 12.7 Å². The number of aryl methyl sites for hydroxylation is 1. The Bertz CT molecular complexity index is 1630. The minimum absolute atomic E-state index is 0.513. The van der Waals surface area contributed by atoms with Crippen molar-refractivity contribution in [2.24, 2.45) is 0 Å². The highest BCUT2D eigenvalue weighted by molar-refractivity contribution is 6.33. The number of hydrogen-bond donors (Lipinski definition) is 1. The van der Waals surface area contributed by atoms with Gasteiger partial charge < -0.3 is 10.3 Å². The molecule has 5 rings (SSSR count). The molecule has 1 aromatic heterocycles. The quantitative estimate of drug-likeness (QED) is 0.217. The third-order valence-corrected chi connectivity index (χ3v) is 6.71. The van der Waals surface area contributed by atoms with E-state index in [4.69, 9.17) is 22.3 Å². The lowest BCUT2D eigenvalue weighted by Crippen LogP contribution is -2.04. The van der Waals surface area contributed by atoms with Gasteiger partial charge in [0.2, 0.25) is 0 Å². The molecule has 5 aromatic rings. The fraction of sp³-hybridized carbons (Fsp3) is 0.0938. The van der Waals surface area contributed by atoms with E-state index in [0.717, 1.165) is 45.9 Å². The van der Waals surface area contributed by atoms with Gasteiger partial charge in [0.05, 0.1) is 16.3 Å². The van der Waals surface area contributed by atoms with Gasteiger partial charge in [0.1, 0.15) is 5.82 Å². The maximum atomic E-state index is 13.1. The van der Waals surface area contributed by atoms with Crippen LogP contribution in [0.4, 0.5) is 18.9 Å². The number of benzene rings is 4. The Balaban J connectivity index is 1.44. The summed E-state index contributed by atoms with van der Waals surface area (Å²) in [5, 5.41) is 0.632. The summed E-state index contributed by atoms with van der Waals surface area (Å²) in [5.74, 6) is 0.737. The maximum absolute atomic E-state index is 13.1. The molecule has 0 spiro atoms. The molecule has 0 aliphatic rings. The van der Waals surface area contributed by atoms with Gasteiger partial charge in [-0.1, -0.05) is 78.3 Å².